The molecule has 3 N–H and O–H groups in total. The van der Waals surface area contributed by atoms with Crippen LogP contribution in [0.5, 0.6) is 0 Å². The molecule has 1 aliphatic rings. The van der Waals surface area contributed by atoms with Crippen molar-refractivity contribution in [1.82, 2.24) is 9.62 Å². The van der Waals surface area contributed by atoms with E-state index in [0.717, 1.165) is 5.56 Å². The molecule has 0 saturated carbocycles. The standard InChI is InChI=1S/C15H23N3O3S/c1-2-22(20,21)18-10-8-13(9-11-18)17-15(19)14(16)12-6-4-3-5-7-12/h3-7,13-14H,2,8-11,16H2,1H3,(H,17,19). The summed E-state index contributed by atoms with van der Waals surface area (Å²) in [5.74, 6) is -0.105. The van der Waals surface area contributed by atoms with Crippen molar-refractivity contribution in [2.75, 3.05) is 18.8 Å². The molecule has 1 aliphatic heterocycles. The van der Waals surface area contributed by atoms with Gasteiger partial charge in [0.05, 0.1) is 5.75 Å². The van der Waals surface area contributed by atoms with E-state index in [1.54, 1.807) is 6.92 Å². The van der Waals surface area contributed by atoms with Gasteiger partial charge in [-0.3, -0.25) is 4.79 Å². The average molecular weight is 325 g/mol. The lowest BCUT2D eigenvalue weighted by molar-refractivity contribution is -0.123. The minimum absolute atomic E-state index is 0.0226. The lowest BCUT2D eigenvalue weighted by atomic mass is 10.0. The predicted octanol–water partition coefficient (Wildman–Crippen LogP) is 0.617. The number of hydrogen-bond acceptors (Lipinski definition) is 4. The number of hydrogen-bond donors (Lipinski definition) is 2. The Morgan fingerprint density at radius 1 is 1.32 bits per heavy atom. The Labute approximate surface area is 131 Å². The van der Waals surface area contributed by atoms with Gasteiger partial charge in [-0.15, -0.1) is 0 Å². The first-order valence-corrected chi connectivity index (χ1v) is 9.13. The van der Waals surface area contributed by atoms with E-state index >= 15 is 0 Å². The summed E-state index contributed by atoms with van der Waals surface area (Å²) in [6.07, 6.45) is 1.24. The Hall–Kier alpha value is -1.44. The molecule has 6 nitrogen and oxygen atoms in total. The Balaban J connectivity index is 1.87. The molecule has 7 heteroatoms. The van der Waals surface area contributed by atoms with Crippen molar-refractivity contribution < 1.29 is 13.2 Å². The molecule has 2 rings (SSSR count). The molecule has 1 amide bonds. The van der Waals surface area contributed by atoms with Crippen molar-refractivity contribution in [1.29, 1.82) is 0 Å². The van der Waals surface area contributed by atoms with Gasteiger partial charge in [0.25, 0.3) is 0 Å². The number of benzene rings is 1. The van der Waals surface area contributed by atoms with Gasteiger partial charge in [0.1, 0.15) is 6.04 Å². The first kappa shape index (κ1) is 16.9. The molecular weight excluding hydrogens is 302 g/mol. The highest BCUT2D eigenvalue weighted by atomic mass is 32.2. The molecule has 1 saturated heterocycles. The minimum atomic E-state index is -3.14. The molecule has 1 heterocycles. The summed E-state index contributed by atoms with van der Waals surface area (Å²) in [5.41, 5.74) is 6.72. The zero-order valence-corrected chi connectivity index (χ0v) is 13.6. The van der Waals surface area contributed by atoms with Crippen LogP contribution in [0, 0.1) is 0 Å². The molecule has 122 valence electrons. The molecular formula is C15H23N3O3S. The molecule has 22 heavy (non-hydrogen) atoms. The average Bonchev–Trinajstić information content (AvgIpc) is 2.55. The molecule has 0 radical (unpaired) electrons. The van der Waals surface area contributed by atoms with Gasteiger partial charge in [-0.1, -0.05) is 30.3 Å². The number of piperidine rings is 1. The highest BCUT2D eigenvalue weighted by Gasteiger charge is 2.28. The fourth-order valence-electron chi connectivity index (χ4n) is 2.56. The van der Waals surface area contributed by atoms with E-state index in [1.165, 1.54) is 4.31 Å². The van der Waals surface area contributed by atoms with Crippen molar-refractivity contribution >= 4 is 15.9 Å². The van der Waals surface area contributed by atoms with Gasteiger partial charge >= 0.3 is 0 Å². The second-order valence-corrected chi connectivity index (χ2v) is 7.73. The van der Waals surface area contributed by atoms with Crippen LogP contribution in [0.3, 0.4) is 0 Å². The molecule has 1 aromatic carbocycles. The molecule has 0 aliphatic carbocycles. The molecule has 1 unspecified atom stereocenters. The van der Waals surface area contributed by atoms with Crippen LogP contribution in [0.1, 0.15) is 31.4 Å². The van der Waals surface area contributed by atoms with Gasteiger partial charge in [-0.05, 0) is 25.3 Å². The van der Waals surface area contributed by atoms with Crippen LogP contribution >= 0.6 is 0 Å². The maximum atomic E-state index is 12.2. The third kappa shape index (κ3) is 4.06. The second-order valence-electron chi connectivity index (χ2n) is 5.47. The first-order valence-electron chi connectivity index (χ1n) is 7.52. The largest absolute Gasteiger partial charge is 0.352 e. The molecule has 1 aromatic rings. The van der Waals surface area contributed by atoms with Gasteiger partial charge in [0, 0.05) is 19.1 Å². The molecule has 1 fully saturated rings. The van der Waals surface area contributed by atoms with Crippen molar-refractivity contribution in [2.45, 2.75) is 31.8 Å². The van der Waals surface area contributed by atoms with Crippen LogP contribution in [0.15, 0.2) is 30.3 Å². The number of amides is 1. The predicted molar refractivity (Wildman–Crippen MR) is 85.6 cm³/mol. The number of rotatable bonds is 5. The Morgan fingerprint density at radius 3 is 2.45 bits per heavy atom. The zero-order chi connectivity index (χ0) is 16.2. The third-order valence-corrected chi connectivity index (χ3v) is 5.88. The fourth-order valence-corrected chi connectivity index (χ4v) is 3.70. The van der Waals surface area contributed by atoms with Gasteiger partial charge in [-0.25, -0.2) is 12.7 Å². The lowest BCUT2D eigenvalue weighted by Gasteiger charge is -2.31. The topological polar surface area (TPSA) is 92.5 Å². The zero-order valence-electron chi connectivity index (χ0n) is 12.7. The van der Waals surface area contributed by atoms with E-state index in [-0.39, 0.29) is 17.7 Å². The van der Waals surface area contributed by atoms with E-state index in [1.807, 2.05) is 30.3 Å². The maximum absolute atomic E-state index is 12.2. The van der Waals surface area contributed by atoms with Crippen molar-refractivity contribution in [3.63, 3.8) is 0 Å². The Morgan fingerprint density at radius 2 is 1.91 bits per heavy atom. The summed E-state index contributed by atoms with van der Waals surface area (Å²) in [5, 5.41) is 2.92. The number of nitrogens with zero attached hydrogens (tertiary/aromatic N) is 1. The van der Waals surface area contributed by atoms with Crippen LogP contribution < -0.4 is 11.1 Å². The smallest absolute Gasteiger partial charge is 0.241 e. The van der Waals surface area contributed by atoms with E-state index in [0.29, 0.717) is 25.9 Å². The second kappa shape index (κ2) is 7.21. The van der Waals surface area contributed by atoms with Gasteiger partial charge in [0.15, 0.2) is 0 Å². The number of carbonyl (C=O) groups excluding carboxylic acids is 1. The Kier molecular flexibility index (Phi) is 5.55. The van der Waals surface area contributed by atoms with E-state index in [4.69, 9.17) is 5.73 Å². The summed E-state index contributed by atoms with van der Waals surface area (Å²) in [6, 6.07) is 8.48. The van der Waals surface area contributed by atoms with Crippen LogP contribution in [0.2, 0.25) is 0 Å². The quantitative estimate of drug-likeness (QED) is 0.830. The van der Waals surface area contributed by atoms with Crippen LogP contribution in [-0.4, -0.2) is 43.5 Å². The van der Waals surface area contributed by atoms with Crippen LogP contribution in [0.25, 0.3) is 0 Å². The van der Waals surface area contributed by atoms with Crippen LogP contribution in [0.4, 0.5) is 0 Å². The summed E-state index contributed by atoms with van der Waals surface area (Å²) in [7, 11) is -3.14. The fraction of sp³-hybridized carbons (Fsp3) is 0.533. The summed E-state index contributed by atoms with van der Waals surface area (Å²) in [4.78, 5) is 12.2. The normalized spacial score (nSPS) is 18.8. The Bertz CT molecular complexity index is 596. The maximum Gasteiger partial charge on any atom is 0.241 e. The monoisotopic (exact) mass is 325 g/mol. The highest BCUT2D eigenvalue weighted by molar-refractivity contribution is 7.89. The third-order valence-electron chi connectivity index (χ3n) is 4.00. The molecule has 0 bridgehead atoms. The molecule has 0 aromatic heterocycles. The lowest BCUT2D eigenvalue weighted by Crippen LogP contribution is -2.48. The summed E-state index contributed by atoms with van der Waals surface area (Å²) in [6.45, 7) is 2.53. The minimum Gasteiger partial charge on any atom is -0.352 e. The van der Waals surface area contributed by atoms with E-state index in [9.17, 15) is 13.2 Å². The first-order chi connectivity index (χ1) is 10.4. The number of nitrogens with one attached hydrogen (secondary N) is 1. The summed E-state index contributed by atoms with van der Waals surface area (Å²) >= 11 is 0. The number of sulfonamides is 1. The highest BCUT2D eigenvalue weighted by Crippen LogP contribution is 2.16. The SMILES string of the molecule is CCS(=O)(=O)N1CCC(NC(=O)C(N)c2ccccc2)CC1. The van der Waals surface area contributed by atoms with Crippen molar-refractivity contribution in [3.8, 4) is 0 Å². The van der Waals surface area contributed by atoms with Crippen LogP contribution in [-0.2, 0) is 14.8 Å². The molecule has 1 atom stereocenters. The van der Waals surface area contributed by atoms with Gasteiger partial charge in [-0.2, -0.15) is 0 Å². The van der Waals surface area contributed by atoms with Crippen molar-refractivity contribution in [3.05, 3.63) is 35.9 Å². The number of nitrogens with two attached hydrogens (primary N) is 1. The van der Waals surface area contributed by atoms with Gasteiger partial charge < -0.3 is 11.1 Å². The van der Waals surface area contributed by atoms with Crippen molar-refractivity contribution in [2.24, 2.45) is 5.73 Å². The van der Waals surface area contributed by atoms with E-state index < -0.39 is 16.1 Å². The molecule has 0 spiro atoms. The summed E-state index contributed by atoms with van der Waals surface area (Å²) < 4.78 is 25.1. The van der Waals surface area contributed by atoms with E-state index in [2.05, 4.69) is 5.32 Å². The number of carbonyl (C=O) groups is 1. The van der Waals surface area contributed by atoms with Gasteiger partial charge in [0.2, 0.25) is 15.9 Å².